The fourth-order valence-corrected chi connectivity index (χ4v) is 1.68. The molecule has 6 nitrogen and oxygen atoms in total. The predicted molar refractivity (Wildman–Crippen MR) is 60.8 cm³/mol. The molecule has 0 saturated carbocycles. The Morgan fingerprint density at radius 2 is 2.31 bits per heavy atom. The summed E-state index contributed by atoms with van der Waals surface area (Å²) in [5.41, 5.74) is 0.802. The molecule has 0 amide bonds. The van der Waals surface area contributed by atoms with E-state index >= 15 is 0 Å². The van der Waals surface area contributed by atoms with Gasteiger partial charge in [-0.15, -0.1) is 0 Å². The number of aromatic amines is 1. The van der Waals surface area contributed by atoms with Gasteiger partial charge < -0.3 is 5.11 Å². The zero-order valence-corrected chi connectivity index (χ0v) is 9.90. The molecule has 0 unspecified atom stereocenters. The van der Waals surface area contributed by atoms with Crippen LogP contribution in [0.25, 0.3) is 5.69 Å². The van der Waals surface area contributed by atoms with Crippen molar-refractivity contribution in [2.24, 2.45) is 0 Å². The van der Waals surface area contributed by atoms with Gasteiger partial charge in [0, 0.05) is 12.2 Å². The third-order valence-electron chi connectivity index (χ3n) is 2.26. The second kappa shape index (κ2) is 4.18. The van der Waals surface area contributed by atoms with Crippen molar-refractivity contribution in [2.45, 2.75) is 26.5 Å². The molecule has 2 N–H and O–H groups in total. The molecule has 0 aliphatic rings. The Labute approximate surface area is 97.5 Å². The quantitative estimate of drug-likeness (QED) is 0.789. The van der Waals surface area contributed by atoms with Gasteiger partial charge in [0.1, 0.15) is 6.61 Å². The van der Waals surface area contributed by atoms with Crippen LogP contribution >= 0.6 is 12.2 Å². The van der Waals surface area contributed by atoms with Crippen LogP contribution in [0, 0.1) is 4.77 Å². The lowest BCUT2D eigenvalue weighted by molar-refractivity contribution is 0.269. The number of hydrogen-bond donors (Lipinski definition) is 2. The van der Waals surface area contributed by atoms with Gasteiger partial charge in [0.2, 0.25) is 0 Å². The minimum Gasteiger partial charge on any atom is -0.388 e. The van der Waals surface area contributed by atoms with Gasteiger partial charge in [-0.05, 0) is 26.1 Å². The van der Waals surface area contributed by atoms with E-state index in [0.29, 0.717) is 10.6 Å². The molecule has 0 bridgehead atoms. The Balaban J connectivity index is 2.50. The molecule has 0 spiro atoms. The molecule has 0 fully saturated rings. The van der Waals surface area contributed by atoms with Crippen molar-refractivity contribution < 1.29 is 5.11 Å². The molecule has 0 aliphatic heterocycles. The van der Waals surface area contributed by atoms with Crippen LogP contribution in [0.5, 0.6) is 0 Å². The number of hydrogen-bond acceptors (Lipinski definition) is 4. The highest BCUT2D eigenvalue weighted by atomic mass is 32.1. The molecule has 0 atom stereocenters. The Morgan fingerprint density at radius 1 is 1.56 bits per heavy atom. The van der Waals surface area contributed by atoms with E-state index in [-0.39, 0.29) is 12.6 Å². The molecule has 0 radical (unpaired) electrons. The van der Waals surface area contributed by atoms with Crippen molar-refractivity contribution >= 4 is 12.2 Å². The summed E-state index contributed by atoms with van der Waals surface area (Å²) >= 11 is 5.09. The van der Waals surface area contributed by atoms with E-state index in [4.69, 9.17) is 17.3 Å². The number of H-pyrrole nitrogens is 1. The number of rotatable bonds is 3. The monoisotopic (exact) mass is 239 g/mol. The molecule has 0 aromatic carbocycles. The van der Waals surface area contributed by atoms with Gasteiger partial charge in [-0.2, -0.15) is 10.2 Å². The summed E-state index contributed by atoms with van der Waals surface area (Å²) in [6.07, 6.45) is 3.57. The Hall–Kier alpha value is -1.47. The first-order chi connectivity index (χ1) is 7.63. The molecule has 16 heavy (non-hydrogen) atoms. The molecule has 2 aromatic heterocycles. The second-order valence-electron chi connectivity index (χ2n) is 3.71. The van der Waals surface area contributed by atoms with Crippen LogP contribution in [0.1, 0.15) is 25.7 Å². The van der Waals surface area contributed by atoms with E-state index in [1.807, 2.05) is 24.7 Å². The van der Waals surface area contributed by atoms with Crippen LogP contribution in [-0.2, 0) is 6.61 Å². The van der Waals surface area contributed by atoms with Gasteiger partial charge in [-0.1, -0.05) is 0 Å². The highest BCUT2D eigenvalue weighted by molar-refractivity contribution is 7.71. The smallest absolute Gasteiger partial charge is 0.200 e. The summed E-state index contributed by atoms with van der Waals surface area (Å²) in [6, 6.07) is 0.285. The van der Waals surface area contributed by atoms with Gasteiger partial charge in [0.05, 0.1) is 11.9 Å². The van der Waals surface area contributed by atoms with Gasteiger partial charge in [-0.3, -0.25) is 14.3 Å². The third-order valence-corrected chi connectivity index (χ3v) is 2.53. The third kappa shape index (κ3) is 1.79. The topological polar surface area (TPSA) is 71.7 Å². The van der Waals surface area contributed by atoms with Crippen molar-refractivity contribution in [3.8, 4) is 5.69 Å². The van der Waals surface area contributed by atoms with E-state index in [0.717, 1.165) is 5.69 Å². The Morgan fingerprint density at radius 3 is 2.88 bits per heavy atom. The van der Waals surface area contributed by atoms with Crippen molar-refractivity contribution in [3.63, 3.8) is 0 Å². The molecular formula is C9H13N5OS. The molecule has 0 saturated heterocycles. The first-order valence-corrected chi connectivity index (χ1v) is 5.36. The lowest BCUT2D eigenvalue weighted by Gasteiger charge is -2.03. The van der Waals surface area contributed by atoms with Gasteiger partial charge in [0.25, 0.3) is 0 Å². The predicted octanol–water partition coefficient (Wildman–Crippen LogP) is 1.20. The van der Waals surface area contributed by atoms with E-state index < -0.39 is 0 Å². The Bertz CT molecular complexity index is 538. The van der Waals surface area contributed by atoms with Gasteiger partial charge >= 0.3 is 0 Å². The maximum atomic E-state index is 9.13. The number of aromatic nitrogens is 5. The number of aliphatic hydroxyl groups is 1. The highest BCUT2D eigenvalue weighted by Gasteiger charge is 2.09. The average molecular weight is 239 g/mol. The summed E-state index contributed by atoms with van der Waals surface area (Å²) in [7, 11) is 0. The average Bonchev–Trinajstić information content (AvgIpc) is 2.83. The van der Waals surface area contributed by atoms with Crippen LogP contribution in [0.15, 0.2) is 12.4 Å². The molecule has 0 aliphatic carbocycles. The maximum Gasteiger partial charge on any atom is 0.200 e. The van der Waals surface area contributed by atoms with E-state index in [9.17, 15) is 0 Å². The number of aliphatic hydroxyl groups excluding tert-OH is 1. The van der Waals surface area contributed by atoms with Crippen molar-refractivity contribution in [1.29, 1.82) is 0 Å². The fourth-order valence-electron chi connectivity index (χ4n) is 1.43. The second-order valence-corrected chi connectivity index (χ2v) is 4.10. The zero-order chi connectivity index (χ0) is 11.7. The highest BCUT2D eigenvalue weighted by Crippen LogP contribution is 2.12. The molecule has 2 rings (SSSR count). The normalized spacial score (nSPS) is 11.2. The molecule has 2 aromatic rings. The minimum atomic E-state index is -0.167. The fraction of sp³-hybridized carbons (Fsp3) is 0.444. The minimum absolute atomic E-state index is 0.167. The SMILES string of the molecule is CC(C)n1cc(-n2c(CO)n[nH]c2=S)cn1. The zero-order valence-electron chi connectivity index (χ0n) is 9.08. The lowest BCUT2D eigenvalue weighted by Crippen LogP contribution is -2.02. The van der Waals surface area contributed by atoms with Crippen molar-refractivity contribution in [3.05, 3.63) is 23.0 Å². The standard InChI is InChI=1S/C9H13N5OS/c1-6(2)13-4-7(3-10-13)14-8(5-15)11-12-9(14)16/h3-4,6,15H,5H2,1-2H3,(H,12,16). The Kier molecular flexibility index (Phi) is 2.88. The van der Waals surface area contributed by atoms with Crippen LogP contribution in [-0.4, -0.2) is 29.7 Å². The van der Waals surface area contributed by atoms with Crippen LogP contribution < -0.4 is 0 Å². The first-order valence-electron chi connectivity index (χ1n) is 4.95. The van der Waals surface area contributed by atoms with Crippen molar-refractivity contribution in [2.75, 3.05) is 0 Å². The summed E-state index contributed by atoms with van der Waals surface area (Å²) in [4.78, 5) is 0. The van der Waals surface area contributed by atoms with Gasteiger partial charge in [0.15, 0.2) is 10.6 Å². The largest absolute Gasteiger partial charge is 0.388 e. The number of nitrogens with zero attached hydrogens (tertiary/aromatic N) is 4. The first kappa shape index (κ1) is 11.0. The van der Waals surface area contributed by atoms with Crippen molar-refractivity contribution in [1.82, 2.24) is 24.5 Å². The molecular weight excluding hydrogens is 226 g/mol. The summed E-state index contributed by atoms with van der Waals surface area (Å²) < 4.78 is 3.94. The van der Waals surface area contributed by atoms with E-state index in [1.165, 1.54) is 0 Å². The summed E-state index contributed by atoms with van der Waals surface area (Å²) in [5.74, 6) is 0.480. The van der Waals surface area contributed by atoms with Crippen LogP contribution in [0.3, 0.4) is 0 Å². The lowest BCUT2D eigenvalue weighted by atomic mass is 10.4. The maximum absolute atomic E-state index is 9.13. The summed E-state index contributed by atoms with van der Waals surface area (Å²) in [6.45, 7) is 3.91. The van der Waals surface area contributed by atoms with E-state index in [2.05, 4.69) is 15.3 Å². The van der Waals surface area contributed by atoms with Gasteiger partial charge in [-0.25, -0.2) is 0 Å². The molecule has 7 heteroatoms. The molecule has 2 heterocycles. The van der Waals surface area contributed by atoms with Crippen LogP contribution in [0.2, 0.25) is 0 Å². The molecule has 86 valence electrons. The van der Waals surface area contributed by atoms with E-state index in [1.54, 1.807) is 10.8 Å². The van der Waals surface area contributed by atoms with Crippen LogP contribution in [0.4, 0.5) is 0 Å². The number of nitrogens with one attached hydrogen (secondary N) is 1. The summed E-state index contributed by atoms with van der Waals surface area (Å²) in [5, 5.41) is 19.9.